The molecule has 0 heterocycles. The molecule has 4 nitrogen and oxygen atoms in total. The molecule has 0 spiro atoms. The largest absolute Gasteiger partial charge is 0.354 e. The van der Waals surface area contributed by atoms with Crippen LogP contribution < -0.4 is 10.2 Å². The third-order valence-corrected chi connectivity index (χ3v) is 3.69. The minimum absolute atomic E-state index is 0.0122. The lowest BCUT2D eigenvalue weighted by Gasteiger charge is -2.22. The van der Waals surface area contributed by atoms with Crippen LogP contribution in [-0.4, -0.2) is 24.9 Å². The Kier molecular flexibility index (Phi) is 6.22. The summed E-state index contributed by atoms with van der Waals surface area (Å²) >= 11 is 0. The van der Waals surface area contributed by atoms with Crippen molar-refractivity contribution in [2.75, 3.05) is 18.0 Å². The van der Waals surface area contributed by atoms with Gasteiger partial charge in [-0.3, -0.25) is 9.59 Å². The van der Waals surface area contributed by atoms with Crippen LogP contribution in [0.2, 0.25) is 0 Å². The number of hydrogen-bond acceptors (Lipinski definition) is 2. The average Bonchev–Trinajstić information content (AvgIpc) is 2.52. The van der Waals surface area contributed by atoms with Gasteiger partial charge >= 0.3 is 0 Å². The molecule has 2 amide bonds. The van der Waals surface area contributed by atoms with E-state index >= 15 is 0 Å². The summed E-state index contributed by atoms with van der Waals surface area (Å²) in [7, 11) is 0. The molecule has 2 aromatic carbocycles. The van der Waals surface area contributed by atoms with Crippen molar-refractivity contribution in [1.82, 2.24) is 5.32 Å². The van der Waals surface area contributed by atoms with E-state index in [9.17, 15) is 18.4 Å². The molecule has 0 bridgehead atoms. The highest BCUT2D eigenvalue weighted by Crippen LogP contribution is 2.20. The number of halogens is 2. The zero-order valence-electron chi connectivity index (χ0n) is 14.2. The SMILES string of the molecule is CC(=O)N(CCNC(=O)Cc1cccc(C)c1)c1ccc(F)cc1F. The quantitative estimate of drug-likeness (QED) is 0.874. The first-order valence-electron chi connectivity index (χ1n) is 7.92. The third-order valence-electron chi connectivity index (χ3n) is 3.69. The van der Waals surface area contributed by atoms with E-state index in [-0.39, 0.29) is 31.1 Å². The molecule has 0 unspecified atom stereocenters. The number of hydrogen-bond donors (Lipinski definition) is 1. The standard InChI is InChI=1S/C19H20F2N2O2/c1-13-4-3-5-15(10-13)11-19(25)22-8-9-23(14(2)24)18-7-6-16(20)12-17(18)21/h3-7,10,12H,8-9,11H2,1-2H3,(H,22,25). The smallest absolute Gasteiger partial charge is 0.224 e. The van der Waals surface area contributed by atoms with Gasteiger partial charge in [0.2, 0.25) is 11.8 Å². The number of benzene rings is 2. The van der Waals surface area contributed by atoms with Crippen LogP contribution >= 0.6 is 0 Å². The molecule has 25 heavy (non-hydrogen) atoms. The number of carbonyl (C=O) groups excluding carboxylic acids is 2. The van der Waals surface area contributed by atoms with E-state index in [4.69, 9.17) is 0 Å². The highest BCUT2D eigenvalue weighted by molar-refractivity contribution is 5.91. The van der Waals surface area contributed by atoms with Crippen LogP contribution in [0.5, 0.6) is 0 Å². The summed E-state index contributed by atoms with van der Waals surface area (Å²) in [5, 5.41) is 2.71. The second kappa shape index (κ2) is 8.37. The molecule has 0 atom stereocenters. The number of rotatable bonds is 6. The third kappa shape index (κ3) is 5.38. The van der Waals surface area contributed by atoms with Crippen LogP contribution in [0.3, 0.4) is 0 Å². The molecule has 2 aromatic rings. The van der Waals surface area contributed by atoms with Gasteiger partial charge in [0.25, 0.3) is 0 Å². The summed E-state index contributed by atoms with van der Waals surface area (Å²) in [6.07, 6.45) is 0.229. The van der Waals surface area contributed by atoms with E-state index in [0.29, 0.717) is 0 Å². The summed E-state index contributed by atoms with van der Waals surface area (Å²) in [6, 6.07) is 10.6. The van der Waals surface area contributed by atoms with Crippen molar-refractivity contribution < 1.29 is 18.4 Å². The Hall–Kier alpha value is -2.76. The molecule has 0 aliphatic carbocycles. The molecule has 0 aliphatic rings. The number of anilines is 1. The predicted molar refractivity (Wildman–Crippen MR) is 92.3 cm³/mol. The number of aryl methyl sites for hydroxylation is 1. The van der Waals surface area contributed by atoms with Gasteiger partial charge in [0.1, 0.15) is 11.6 Å². The Morgan fingerprint density at radius 1 is 1.12 bits per heavy atom. The Morgan fingerprint density at radius 2 is 1.88 bits per heavy atom. The molecule has 6 heteroatoms. The maximum atomic E-state index is 13.9. The van der Waals surface area contributed by atoms with Crippen molar-refractivity contribution in [3.63, 3.8) is 0 Å². The molecular formula is C19H20F2N2O2. The normalized spacial score (nSPS) is 10.4. The summed E-state index contributed by atoms with van der Waals surface area (Å²) in [4.78, 5) is 24.9. The van der Waals surface area contributed by atoms with Gasteiger partial charge in [0.15, 0.2) is 0 Å². The molecule has 2 rings (SSSR count). The molecule has 0 fully saturated rings. The van der Waals surface area contributed by atoms with Crippen LogP contribution in [0.1, 0.15) is 18.1 Å². The van der Waals surface area contributed by atoms with E-state index in [2.05, 4.69) is 5.32 Å². The number of nitrogens with zero attached hydrogens (tertiary/aromatic N) is 1. The molecule has 0 saturated heterocycles. The first-order valence-corrected chi connectivity index (χ1v) is 7.92. The Labute approximate surface area is 145 Å². The highest BCUT2D eigenvalue weighted by Gasteiger charge is 2.16. The van der Waals surface area contributed by atoms with Crippen molar-refractivity contribution in [3.8, 4) is 0 Å². The summed E-state index contributed by atoms with van der Waals surface area (Å²) in [6.45, 7) is 3.50. The molecule has 1 N–H and O–H groups in total. The topological polar surface area (TPSA) is 49.4 Å². The second-order valence-corrected chi connectivity index (χ2v) is 5.78. The fourth-order valence-corrected chi connectivity index (χ4v) is 2.52. The van der Waals surface area contributed by atoms with Crippen molar-refractivity contribution in [2.45, 2.75) is 20.3 Å². The van der Waals surface area contributed by atoms with Crippen molar-refractivity contribution in [3.05, 3.63) is 65.2 Å². The number of amides is 2. The van der Waals surface area contributed by atoms with Crippen LogP contribution in [0.15, 0.2) is 42.5 Å². The van der Waals surface area contributed by atoms with Crippen LogP contribution in [0, 0.1) is 18.6 Å². The molecular weight excluding hydrogens is 326 g/mol. The molecule has 0 aliphatic heterocycles. The maximum Gasteiger partial charge on any atom is 0.224 e. The first-order chi connectivity index (χ1) is 11.9. The fourth-order valence-electron chi connectivity index (χ4n) is 2.52. The lowest BCUT2D eigenvalue weighted by atomic mass is 10.1. The summed E-state index contributed by atoms with van der Waals surface area (Å²) in [5.41, 5.74) is 1.95. The second-order valence-electron chi connectivity index (χ2n) is 5.78. The van der Waals surface area contributed by atoms with Crippen molar-refractivity contribution in [2.24, 2.45) is 0 Å². The van der Waals surface area contributed by atoms with Gasteiger partial charge in [-0.1, -0.05) is 29.8 Å². The first kappa shape index (κ1) is 18.6. The van der Waals surface area contributed by atoms with E-state index in [0.717, 1.165) is 23.3 Å². The highest BCUT2D eigenvalue weighted by atomic mass is 19.1. The predicted octanol–water partition coefficient (Wildman–Crippen LogP) is 2.99. The van der Waals surface area contributed by atoms with Gasteiger partial charge in [-0.15, -0.1) is 0 Å². The van der Waals surface area contributed by atoms with Crippen LogP contribution in [0.4, 0.5) is 14.5 Å². The van der Waals surface area contributed by atoms with Crippen LogP contribution in [-0.2, 0) is 16.0 Å². The monoisotopic (exact) mass is 346 g/mol. The van der Waals surface area contributed by atoms with Crippen molar-refractivity contribution >= 4 is 17.5 Å². The number of nitrogens with one attached hydrogen (secondary N) is 1. The van der Waals surface area contributed by atoms with Crippen molar-refractivity contribution in [1.29, 1.82) is 0 Å². The zero-order chi connectivity index (χ0) is 18.4. The Bertz CT molecular complexity index is 778. The van der Waals surface area contributed by atoms with Gasteiger partial charge < -0.3 is 10.2 Å². The summed E-state index contributed by atoms with van der Waals surface area (Å²) in [5.74, 6) is -2.11. The molecule has 0 aromatic heterocycles. The van der Waals surface area contributed by atoms with Gasteiger partial charge in [-0.25, -0.2) is 8.78 Å². The minimum atomic E-state index is -0.818. The average molecular weight is 346 g/mol. The maximum absolute atomic E-state index is 13.9. The van der Waals surface area contributed by atoms with E-state index in [1.165, 1.54) is 17.9 Å². The Balaban J connectivity index is 1.93. The lowest BCUT2D eigenvalue weighted by molar-refractivity contribution is -0.121. The summed E-state index contributed by atoms with van der Waals surface area (Å²) < 4.78 is 26.9. The fraction of sp³-hybridized carbons (Fsp3) is 0.263. The lowest BCUT2D eigenvalue weighted by Crippen LogP contribution is -2.38. The minimum Gasteiger partial charge on any atom is -0.354 e. The molecule has 0 radical (unpaired) electrons. The number of carbonyl (C=O) groups is 2. The van der Waals surface area contributed by atoms with Gasteiger partial charge in [0, 0.05) is 26.1 Å². The zero-order valence-corrected chi connectivity index (χ0v) is 14.2. The van der Waals surface area contributed by atoms with Gasteiger partial charge in [-0.05, 0) is 24.6 Å². The van der Waals surface area contributed by atoms with Gasteiger partial charge in [0.05, 0.1) is 12.1 Å². The van der Waals surface area contributed by atoms with E-state index in [1.807, 2.05) is 31.2 Å². The molecule has 0 saturated carbocycles. The van der Waals surface area contributed by atoms with E-state index in [1.54, 1.807) is 0 Å². The Morgan fingerprint density at radius 3 is 2.52 bits per heavy atom. The molecule has 132 valence electrons. The van der Waals surface area contributed by atoms with Crippen LogP contribution in [0.25, 0.3) is 0 Å². The van der Waals surface area contributed by atoms with Gasteiger partial charge in [-0.2, -0.15) is 0 Å². The van der Waals surface area contributed by atoms with E-state index < -0.39 is 17.5 Å².